The molecule has 6 nitrogen and oxygen atoms in total. The molecule has 0 aromatic heterocycles. The van der Waals surface area contributed by atoms with Crippen LogP contribution in [-0.2, 0) is 13.0 Å². The van der Waals surface area contributed by atoms with E-state index in [4.69, 9.17) is 9.47 Å². The van der Waals surface area contributed by atoms with Gasteiger partial charge in [-0.1, -0.05) is 36.4 Å². The highest BCUT2D eigenvalue weighted by Gasteiger charge is 2.21. The number of hydrogen-bond acceptors (Lipinski definition) is 4. The van der Waals surface area contributed by atoms with Crippen LogP contribution in [0.3, 0.4) is 0 Å². The molecule has 2 aromatic rings. The van der Waals surface area contributed by atoms with E-state index >= 15 is 0 Å². The highest BCUT2D eigenvalue weighted by molar-refractivity contribution is 5.74. The third kappa shape index (κ3) is 4.52. The van der Waals surface area contributed by atoms with Crippen molar-refractivity contribution in [2.45, 2.75) is 13.0 Å². The minimum Gasteiger partial charge on any atom is -0.454 e. The highest BCUT2D eigenvalue weighted by atomic mass is 16.7. The summed E-state index contributed by atoms with van der Waals surface area (Å²) in [6.07, 6.45) is 0.858. The van der Waals surface area contributed by atoms with Gasteiger partial charge in [-0.25, -0.2) is 4.79 Å². The molecule has 2 aliphatic rings. The number of ether oxygens (including phenoxy) is 2. The van der Waals surface area contributed by atoms with Crippen molar-refractivity contribution in [1.82, 2.24) is 15.1 Å². The molecule has 2 aliphatic heterocycles. The van der Waals surface area contributed by atoms with E-state index in [1.165, 1.54) is 11.1 Å². The second-order valence-corrected chi connectivity index (χ2v) is 6.92. The number of fused-ring (bicyclic) bond motifs is 1. The van der Waals surface area contributed by atoms with Gasteiger partial charge in [-0.05, 0) is 29.7 Å². The summed E-state index contributed by atoms with van der Waals surface area (Å²) in [7, 11) is 0. The molecule has 0 saturated carbocycles. The Balaban J connectivity index is 1.20. The molecule has 1 fully saturated rings. The Hall–Kier alpha value is -2.73. The van der Waals surface area contributed by atoms with E-state index in [1.807, 2.05) is 35.2 Å². The van der Waals surface area contributed by atoms with Gasteiger partial charge in [-0.2, -0.15) is 0 Å². The zero-order chi connectivity index (χ0) is 18.5. The molecule has 0 radical (unpaired) electrons. The van der Waals surface area contributed by atoms with E-state index in [2.05, 4.69) is 28.4 Å². The molecular formula is C21H25N3O3. The first-order chi connectivity index (χ1) is 13.3. The van der Waals surface area contributed by atoms with Gasteiger partial charge < -0.3 is 19.7 Å². The number of urea groups is 1. The van der Waals surface area contributed by atoms with Gasteiger partial charge in [0.1, 0.15) is 0 Å². The summed E-state index contributed by atoms with van der Waals surface area (Å²) in [6, 6.07) is 16.4. The topological polar surface area (TPSA) is 54.0 Å². The second kappa shape index (κ2) is 8.31. The van der Waals surface area contributed by atoms with Crippen LogP contribution in [0.4, 0.5) is 4.79 Å². The number of hydrogen-bond donors (Lipinski definition) is 1. The summed E-state index contributed by atoms with van der Waals surface area (Å²) in [5.41, 5.74) is 2.45. The van der Waals surface area contributed by atoms with E-state index in [0.717, 1.165) is 50.6 Å². The van der Waals surface area contributed by atoms with E-state index in [1.54, 1.807) is 0 Å². The number of nitrogens with zero attached hydrogens (tertiary/aromatic N) is 2. The third-order valence-electron chi connectivity index (χ3n) is 5.04. The van der Waals surface area contributed by atoms with Crippen LogP contribution in [0.1, 0.15) is 11.1 Å². The van der Waals surface area contributed by atoms with Crippen molar-refractivity contribution in [3.05, 3.63) is 59.7 Å². The smallest absolute Gasteiger partial charge is 0.317 e. The lowest BCUT2D eigenvalue weighted by molar-refractivity contribution is 0.135. The zero-order valence-electron chi connectivity index (χ0n) is 15.4. The SMILES string of the molecule is O=C(NCCc1ccccc1)N1CCN(Cc2ccc3c(c2)OCO3)CC1. The lowest BCUT2D eigenvalue weighted by Crippen LogP contribution is -2.51. The van der Waals surface area contributed by atoms with Crippen LogP contribution < -0.4 is 14.8 Å². The molecule has 142 valence electrons. The number of rotatable bonds is 5. The molecule has 6 heteroatoms. The van der Waals surface area contributed by atoms with Gasteiger partial charge >= 0.3 is 6.03 Å². The van der Waals surface area contributed by atoms with Crippen LogP contribution in [0.25, 0.3) is 0 Å². The number of benzene rings is 2. The van der Waals surface area contributed by atoms with Crippen LogP contribution in [-0.4, -0.2) is 55.3 Å². The Labute approximate surface area is 159 Å². The first-order valence-electron chi connectivity index (χ1n) is 9.45. The molecule has 2 aromatic carbocycles. The van der Waals surface area contributed by atoms with E-state index in [0.29, 0.717) is 13.3 Å². The monoisotopic (exact) mass is 367 g/mol. The highest BCUT2D eigenvalue weighted by Crippen LogP contribution is 2.32. The minimum absolute atomic E-state index is 0.0358. The van der Waals surface area contributed by atoms with E-state index in [-0.39, 0.29) is 6.03 Å². The van der Waals surface area contributed by atoms with Gasteiger partial charge in [0.05, 0.1) is 0 Å². The van der Waals surface area contributed by atoms with E-state index in [9.17, 15) is 4.79 Å². The maximum absolute atomic E-state index is 12.3. The Morgan fingerprint density at radius 1 is 0.926 bits per heavy atom. The van der Waals surface area contributed by atoms with Crippen molar-refractivity contribution in [3.8, 4) is 11.5 Å². The summed E-state index contributed by atoms with van der Waals surface area (Å²) in [5.74, 6) is 1.64. The van der Waals surface area contributed by atoms with Crippen molar-refractivity contribution in [1.29, 1.82) is 0 Å². The molecule has 1 N–H and O–H groups in total. The minimum atomic E-state index is 0.0358. The first kappa shape index (κ1) is 17.7. The van der Waals surface area contributed by atoms with Gasteiger partial charge in [-0.15, -0.1) is 0 Å². The summed E-state index contributed by atoms with van der Waals surface area (Å²) < 4.78 is 10.8. The molecule has 27 heavy (non-hydrogen) atoms. The number of carbonyl (C=O) groups excluding carboxylic acids is 1. The summed E-state index contributed by atoms with van der Waals surface area (Å²) in [4.78, 5) is 16.6. The zero-order valence-corrected chi connectivity index (χ0v) is 15.4. The maximum atomic E-state index is 12.3. The van der Waals surface area contributed by atoms with Crippen LogP contribution >= 0.6 is 0 Å². The van der Waals surface area contributed by atoms with Crippen molar-refractivity contribution >= 4 is 6.03 Å². The molecule has 2 heterocycles. The number of amides is 2. The molecule has 2 amide bonds. The van der Waals surface area contributed by atoms with Crippen LogP contribution in [0.15, 0.2) is 48.5 Å². The predicted molar refractivity (Wildman–Crippen MR) is 103 cm³/mol. The largest absolute Gasteiger partial charge is 0.454 e. The number of carbonyl (C=O) groups is 1. The molecule has 4 rings (SSSR count). The molecule has 0 spiro atoms. The fourth-order valence-corrected chi connectivity index (χ4v) is 3.48. The van der Waals surface area contributed by atoms with Gasteiger partial charge in [-0.3, -0.25) is 4.90 Å². The Morgan fingerprint density at radius 3 is 2.52 bits per heavy atom. The van der Waals surface area contributed by atoms with Crippen molar-refractivity contribution in [2.24, 2.45) is 0 Å². The average Bonchev–Trinajstić information content (AvgIpc) is 3.17. The molecule has 1 saturated heterocycles. The van der Waals surface area contributed by atoms with Gasteiger partial charge in [0.15, 0.2) is 11.5 Å². The Bertz CT molecular complexity index is 773. The Kier molecular flexibility index (Phi) is 5.44. The van der Waals surface area contributed by atoms with Crippen LogP contribution in [0.5, 0.6) is 11.5 Å². The van der Waals surface area contributed by atoms with Crippen molar-refractivity contribution in [3.63, 3.8) is 0 Å². The van der Waals surface area contributed by atoms with Gasteiger partial charge in [0.2, 0.25) is 6.79 Å². The molecule has 0 aliphatic carbocycles. The standard InChI is InChI=1S/C21H25N3O3/c25-21(22-9-8-17-4-2-1-3-5-17)24-12-10-23(11-13-24)15-18-6-7-19-20(14-18)27-16-26-19/h1-7,14H,8-13,15-16H2,(H,22,25). The fourth-order valence-electron chi connectivity index (χ4n) is 3.48. The van der Waals surface area contributed by atoms with Crippen LogP contribution in [0, 0.1) is 0 Å². The Morgan fingerprint density at radius 2 is 1.70 bits per heavy atom. The quantitative estimate of drug-likeness (QED) is 0.882. The number of nitrogens with one attached hydrogen (secondary N) is 1. The predicted octanol–water partition coefficient (Wildman–Crippen LogP) is 2.49. The number of piperazine rings is 1. The molecule has 0 bridgehead atoms. The molecular weight excluding hydrogens is 342 g/mol. The first-order valence-corrected chi connectivity index (χ1v) is 9.45. The van der Waals surface area contributed by atoms with Gasteiger partial charge in [0.25, 0.3) is 0 Å². The average molecular weight is 367 g/mol. The summed E-state index contributed by atoms with van der Waals surface area (Å²) >= 11 is 0. The fraction of sp³-hybridized carbons (Fsp3) is 0.381. The lowest BCUT2D eigenvalue weighted by atomic mass is 10.1. The van der Waals surface area contributed by atoms with Crippen LogP contribution in [0.2, 0.25) is 0 Å². The summed E-state index contributed by atoms with van der Waals surface area (Å²) in [6.45, 7) is 5.09. The summed E-state index contributed by atoms with van der Waals surface area (Å²) in [5, 5.41) is 3.03. The van der Waals surface area contributed by atoms with E-state index < -0.39 is 0 Å². The molecule has 0 atom stereocenters. The van der Waals surface area contributed by atoms with Crippen molar-refractivity contribution < 1.29 is 14.3 Å². The normalized spacial score (nSPS) is 16.4. The third-order valence-corrected chi connectivity index (χ3v) is 5.04. The lowest BCUT2D eigenvalue weighted by Gasteiger charge is -2.34. The van der Waals surface area contributed by atoms with Gasteiger partial charge in [0, 0.05) is 39.3 Å². The van der Waals surface area contributed by atoms with Crippen molar-refractivity contribution in [2.75, 3.05) is 39.5 Å². The second-order valence-electron chi connectivity index (χ2n) is 6.92. The molecule has 0 unspecified atom stereocenters. The maximum Gasteiger partial charge on any atom is 0.317 e.